The van der Waals surface area contributed by atoms with Crippen molar-refractivity contribution in [3.8, 4) is 0 Å². The monoisotopic (exact) mass is 448 g/mol. The van der Waals surface area contributed by atoms with Gasteiger partial charge in [0.05, 0.1) is 26.3 Å². The Balaban J connectivity index is 1.94. The van der Waals surface area contributed by atoms with E-state index in [1.807, 2.05) is 6.92 Å². The van der Waals surface area contributed by atoms with Crippen LogP contribution in [0.5, 0.6) is 0 Å². The highest BCUT2D eigenvalue weighted by Crippen LogP contribution is 2.30. The van der Waals surface area contributed by atoms with Crippen LogP contribution in [0.25, 0.3) is 0 Å². The second-order valence-corrected chi connectivity index (χ2v) is 8.98. The quantitative estimate of drug-likeness (QED) is 0.567. The fourth-order valence-electron chi connectivity index (χ4n) is 2.67. The number of anilines is 2. The lowest BCUT2D eigenvalue weighted by molar-refractivity contribution is -0.114. The number of carbonyl (C=O) groups is 1. The summed E-state index contributed by atoms with van der Waals surface area (Å²) in [7, 11) is -3.97. The van der Waals surface area contributed by atoms with E-state index >= 15 is 0 Å². The van der Waals surface area contributed by atoms with E-state index in [1.54, 1.807) is 60.7 Å². The molecule has 0 heterocycles. The zero-order valence-corrected chi connectivity index (χ0v) is 17.8. The molecule has 3 aromatic carbocycles. The van der Waals surface area contributed by atoms with Gasteiger partial charge in [-0.1, -0.05) is 65.2 Å². The van der Waals surface area contributed by atoms with Gasteiger partial charge in [-0.15, -0.1) is 0 Å². The van der Waals surface area contributed by atoms with Gasteiger partial charge in [0.2, 0.25) is 5.91 Å². The molecular formula is C21H18Cl2N2O3S. The Morgan fingerprint density at radius 3 is 2.07 bits per heavy atom. The van der Waals surface area contributed by atoms with Gasteiger partial charge in [-0.25, -0.2) is 8.42 Å². The van der Waals surface area contributed by atoms with Crippen LogP contribution in [0.4, 0.5) is 11.4 Å². The minimum Gasteiger partial charge on any atom is -0.322 e. The molecule has 0 fully saturated rings. The van der Waals surface area contributed by atoms with Crippen molar-refractivity contribution in [3.05, 3.63) is 88.4 Å². The SMILES string of the molecule is Cc1ccc(S(=O)(=O)N(CC(=O)Nc2c(Cl)cccc2Cl)c2ccccc2)cc1. The third-order valence-electron chi connectivity index (χ3n) is 4.17. The Hall–Kier alpha value is -2.54. The summed E-state index contributed by atoms with van der Waals surface area (Å²) < 4.78 is 27.6. The van der Waals surface area contributed by atoms with E-state index in [9.17, 15) is 13.2 Å². The number of sulfonamides is 1. The molecule has 3 aromatic rings. The summed E-state index contributed by atoms with van der Waals surface area (Å²) in [4.78, 5) is 12.8. The predicted octanol–water partition coefficient (Wildman–Crippen LogP) is 5.14. The zero-order chi connectivity index (χ0) is 21.0. The summed E-state index contributed by atoms with van der Waals surface area (Å²) in [6.45, 7) is 1.42. The third-order valence-corrected chi connectivity index (χ3v) is 6.59. The summed E-state index contributed by atoms with van der Waals surface area (Å²) in [5.74, 6) is -0.570. The number of amides is 1. The number of nitrogens with zero attached hydrogens (tertiary/aromatic N) is 1. The molecule has 0 aliphatic rings. The number of hydrogen-bond acceptors (Lipinski definition) is 3. The Kier molecular flexibility index (Phi) is 6.47. The lowest BCUT2D eigenvalue weighted by Gasteiger charge is -2.24. The van der Waals surface area contributed by atoms with E-state index in [1.165, 1.54) is 12.1 Å². The van der Waals surface area contributed by atoms with Crippen LogP contribution in [0.1, 0.15) is 5.56 Å². The molecule has 0 unspecified atom stereocenters. The molecule has 0 radical (unpaired) electrons. The van der Waals surface area contributed by atoms with Gasteiger partial charge in [-0.05, 0) is 43.3 Å². The van der Waals surface area contributed by atoms with Crippen molar-refractivity contribution in [1.29, 1.82) is 0 Å². The highest BCUT2D eigenvalue weighted by atomic mass is 35.5. The molecule has 150 valence electrons. The van der Waals surface area contributed by atoms with Gasteiger partial charge >= 0.3 is 0 Å². The smallest absolute Gasteiger partial charge is 0.264 e. The molecule has 0 aliphatic carbocycles. The minimum atomic E-state index is -3.97. The van der Waals surface area contributed by atoms with Crippen LogP contribution < -0.4 is 9.62 Å². The van der Waals surface area contributed by atoms with Crippen molar-refractivity contribution in [2.24, 2.45) is 0 Å². The normalized spacial score (nSPS) is 11.1. The Morgan fingerprint density at radius 2 is 1.48 bits per heavy atom. The lowest BCUT2D eigenvalue weighted by atomic mass is 10.2. The van der Waals surface area contributed by atoms with E-state index in [0.717, 1.165) is 9.87 Å². The van der Waals surface area contributed by atoms with Crippen LogP contribution in [-0.4, -0.2) is 20.9 Å². The Labute approximate surface area is 179 Å². The molecule has 0 aliphatic heterocycles. The van der Waals surface area contributed by atoms with Gasteiger partial charge in [0.1, 0.15) is 6.54 Å². The number of carbonyl (C=O) groups excluding carboxylic acids is 1. The average molecular weight is 449 g/mol. The largest absolute Gasteiger partial charge is 0.322 e. The summed E-state index contributed by atoms with van der Waals surface area (Å²) in [5.41, 5.74) is 1.54. The molecule has 0 atom stereocenters. The highest BCUT2D eigenvalue weighted by molar-refractivity contribution is 7.92. The first-order valence-corrected chi connectivity index (χ1v) is 10.9. The molecule has 3 rings (SSSR count). The van der Waals surface area contributed by atoms with Crippen molar-refractivity contribution in [3.63, 3.8) is 0 Å². The molecule has 5 nitrogen and oxygen atoms in total. The molecule has 0 bridgehead atoms. The fraction of sp³-hybridized carbons (Fsp3) is 0.0952. The summed E-state index contributed by atoms with van der Waals surface area (Å²) in [6, 6.07) is 19.7. The third kappa shape index (κ3) is 4.90. The van der Waals surface area contributed by atoms with Gasteiger partial charge in [0.25, 0.3) is 10.0 Å². The average Bonchev–Trinajstić information content (AvgIpc) is 2.70. The molecule has 29 heavy (non-hydrogen) atoms. The maximum atomic E-state index is 13.3. The number of rotatable bonds is 6. The second kappa shape index (κ2) is 8.86. The van der Waals surface area contributed by atoms with Crippen molar-refractivity contribution in [2.45, 2.75) is 11.8 Å². The number of benzene rings is 3. The van der Waals surface area contributed by atoms with Crippen LogP contribution in [-0.2, 0) is 14.8 Å². The van der Waals surface area contributed by atoms with Gasteiger partial charge in [-0.2, -0.15) is 0 Å². The van der Waals surface area contributed by atoms with Gasteiger partial charge in [-0.3, -0.25) is 9.10 Å². The number of nitrogens with one attached hydrogen (secondary N) is 1. The first-order valence-electron chi connectivity index (χ1n) is 8.67. The van der Waals surface area contributed by atoms with Gasteiger partial charge in [0.15, 0.2) is 0 Å². The molecule has 0 saturated heterocycles. The Bertz CT molecular complexity index is 1100. The molecule has 1 amide bonds. The van der Waals surface area contributed by atoms with E-state index < -0.39 is 22.5 Å². The number of hydrogen-bond donors (Lipinski definition) is 1. The van der Waals surface area contributed by atoms with Gasteiger partial charge in [0, 0.05) is 0 Å². The number of para-hydroxylation sites is 2. The second-order valence-electron chi connectivity index (χ2n) is 6.31. The summed E-state index contributed by atoms with van der Waals surface area (Å²) in [5, 5.41) is 3.13. The predicted molar refractivity (Wildman–Crippen MR) is 117 cm³/mol. The van der Waals surface area contributed by atoms with Crippen molar-refractivity contribution >= 4 is 50.5 Å². The first-order chi connectivity index (χ1) is 13.8. The Morgan fingerprint density at radius 1 is 0.897 bits per heavy atom. The topological polar surface area (TPSA) is 66.5 Å². The van der Waals surface area contributed by atoms with E-state index in [2.05, 4.69) is 5.32 Å². The zero-order valence-electron chi connectivity index (χ0n) is 15.5. The summed E-state index contributed by atoms with van der Waals surface area (Å²) >= 11 is 12.2. The van der Waals surface area contributed by atoms with E-state index in [0.29, 0.717) is 5.69 Å². The lowest BCUT2D eigenvalue weighted by Crippen LogP contribution is -2.38. The summed E-state index contributed by atoms with van der Waals surface area (Å²) in [6.07, 6.45) is 0. The molecule has 1 N–H and O–H groups in total. The first kappa shape index (κ1) is 21.2. The number of aryl methyl sites for hydroxylation is 1. The van der Waals surface area contributed by atoms with Crippen LogP contribution in [0.2, 0.25) is 10.0 Å². The van der Waals surface area contributed by atoms with E-state index in [4.69, 9.17) is 23.2 Å². The van der Waals surface area contributed by atoms with Crippen molar-refractivity contribution in [2.75, 3.05) is 16.2 Å². The van der Waals surface area contributed by atoms with Crippen molar-refractivity contribution in [1.82, 2.24) is 0 Å². The number of halogens is 2. The van der Waals surface area contributed by atoms with E-state index in [-0.39, 0.29) is 20.6 Å². The van der Waals surface area contributed by atoms with Crippen LogP contribution >= 0.6 is 23.2 Å². The molecule has 0 aromatic heterocycles. The van der Waals surface area contributed by atoms with Crippen LogP contribution in [0.3, 0.4) is 0 Å². The maximum Gasteiger partial charge on any atom is 0.264 e. The van der Waals surface area contributed by atoms with Gasteiger partial charge < -0.3 is 5.32 Å². The molecular weight excluding hydrogens is 431 g/mol. The molecule has 0 saturated carbocycles. The van der Waals surface area contributed by atoms with Crippen LogP contribution in [0.15, 0.2) is 77.7 Å². The van der Waals surface area contributed by atoms with Crippen molar-refractivity contribution < 1.29 is 13.2 Å². The standard InChI is InChI=1S/C21H18Cl2N2O3S/c1-15-10-12-17(13-11-15)29(27,28)25(16-6-3-2-4-7-16)14-20(26)24-21-18(22)8-5-9-19(21)23/h2-13H,14H2,1H3,(H,24,26). The fourth-order valence-corrected chi connectivity index (χ4v) is 4.59. The molecule has 0 spiro atoms. The highest BCUT2D eigenvalue weighted by Gasteiger charge is 2.27. The molecule has 8 heteroatoms. The van der Waals surface area contributed by atoms with Crippen LogP contribution in [0, 0.1) is 6.92 Å². The maximum absolute atomic E-state index is 13.3. The minimum absolute atomic E-state index is 0.0931.